The summed E-state index contributed by atoms with van der Waals surface area (Å²) in [6.07, 6.45) is 1.28. The van der Waals surface area contributed by atoms with Crippen LogP contribution in [-0.2, 0) is 9.59 Å². The van der Waals surface area contributed by atoms with E-state index in [1.807, 2.05) is 0 Å². The van der Waals surface area contributed by atoms with Crippen LogP contribution in [0.3, 0.4) is 0 Å². The van der Waals surface area contributed by atoms with Crippen molar-refractivity contribution in [1.82, 2.24) is 5.32 Å². The van der Waals surface area contributed by atoms with Gasteiger partial charge in [0.1, 0.15) is 17.2 Å². The smallest absolute Gasteiger partial charge is 0.270 e. The van der Waals surface area contributed by atoms with Gasteiger partial charge in [-0.3, -0.25) is 19.8 Å². The van der Waals surface area contributed by atoms with E-state index in [-0.39, 0.29) is 10.7 Å². The number of anilines is 1. The third-order valence-corrected chi connectivity index (χ3v) is 3.63. The summed E-state index contributed by atoms with van der Waals surface area (Å²) in [5.74, 6) is -2.29. The molecule has 0 saturated carbocycles. The van der Waals surface area contributed by atoms with Gasteiger partial charge >= 0.3 is 0 Å². The molecule has 0 aromatic heterocycles. The number of carbonyl (C=O) groups excluding carboxylic acids is 2. The van der Waals surface area contributed by atoms with Gasteiger partial charge in [-0.05, 0) is 60.3 Å². The van der Waals surface area contributed by atoms with Crippen molar-refractivity contribution in [1.29, 1.82) is 0 Å². The summed E-state index contributed by atoms with van der Waals surface area (Å²) >= 11 is 5.03. The molecule has 1 saturated heterocycles. The zero-order chi connectivity index (χ0) is 17.3. The molecular weight excluding hydrogens is 334 g/mol. The summed E-state index contributed by atoms with van der Waals surface area (Å²) in [6.45, 7) is 0. The van der Waals surface area contributed by atoms with Gasteiger partial charge in [0.05, 0.1) is 5.69 Å². The van der Waals surface area contributed by atoms with E-state index in [0.29, 0.717) is 11.3 Å². The Morgan fingerprint density at radius 1 is 1.00 bits per heavy atom. The van der Waals surface area contributed by atoms with Gasteiger partial charge in [-0.1, -0.05) is 12.1 Å². The lowest BCUT2D eigenvalue weighted by atomic mass is 10.1. The summed E-state index contributed by atoms with van der Waals surface area (Å²) in [6, 6.07) is 10.6. The molecule has 2 aromatic rings. The quantitative estimate of drug-likeness (QED) is 0.518. The Kier molecular flexibility index (Phi) is 4.18. The predicted molar refractivity (Wildman–Crippen MR) is 89.0 cm³/mol. The second-order valence-electron chi connectivity index (χ2n) is 4.99. The van der Waals surface area contributed by atoms with Crippen LogP contribution in [0.1, 0.15) is 5.56 Å². The Bertz CT molecular complexity index is 878. The molecule has 7 heteroatoms. The molecule has 1 fully saturated rings. The van der Waals surface area contributed by atoms with Gasteiger partial charge in [0.15, 0.2) is 5.11 Å². The first-order valence-electron chi connectivity index (χ1n) is 6.88. The van der Waals surface area contributed by atoms with Gasteiger partial charge in [0.25, 0.3) is 11.8 Å². The van der Waals surface area contributed by atoms with Crippen LogP contribution in [0.25, 0.3) is 6.08 Å². The van der Waals surface area contributed by atoms with E-state index in [1.54, 1.807) is 6.07 Å². The van der Waals surface area contributed by atoms with E-state index in [0.717, 1.165) is 4.90 Å². The molecule has 1 N–H and O–H groups in total. The maximum atomic E-state index is 13.3. The van der Waals surface area contributed by atoms with Crippen LogP contribution in [0, 0.1) is 11.6 Å². The lowest BCUT2D eigenvalue weighted by molar-refractivity contribution is -0.122. The van der Waals surface area contributed by atoms with Gasteiger partial charge in [-0.2, -0.15) is 0 Å². The fraction of sp³-hybridized carbons (Fsp3) is 0. The molecule has 0 atom stereocenters. The van der Waals surface area contributed by atoms with Crippen LogP contribution in [0.4, 0.5) is 14.5 Å². The number of rotatable bonds is 2. The first-order chi connectivity index (χ1) is 11.5. The van der Waals surface area contributed by atoms with Gasteiger partial charge < -0.3 is 0 Å². The minimum absolute atomic E-state index is 0.104. The molecule has 0 bridgehead atoms. The third kappa shape index (κ3) is 3.07. The number of carbonyl (C=O) groups is 2. The molecule has 0 spiro atoms. The third-order valence-electron chi connectivity index (χ3n) is 3.35. The largest absolute Gasteiger partial charge is 0.298 e. The molecular formula is C17H10F2N2O2S. The van der Waals surface area contributed by atoms with Crippen molar-refractivity contribution in [3.05, 3.63) is 71.3 Å². The molecule has 0 radical (unpaired) electrons. The summed E-state index contributed by atoms with van der Waals surface area (Å²) in [5.41, 5.74) is 0.482. The number of hydrogen-bond acceptors (Lipinski definition) is 3. The van der Waals surface area contributed by atoms with Crippen molar-refractivity contribution in [2.75, 3.05) is 4.90 Å². The minimum atomic E-state index is -0.673. The van der Waals surface area contributed by atoms with Crippen molar-refractivity contribution in [3.8, 4) is 0 Å². The number of nitrogens with zero attached hydrogens (tertiary/aromatic N) is 1. The molecule has 1 aliphatic rings. The van der Waals surface area contributed by atoms with Gasteiger partial charge in [0, 0.05) is 0 Å². The Balaban J connectivity index is 2.01. The number of hydrogen-bond donors (Lipinski definition) is 1. The van der Waals surface area contributed by atoms with Crippen molar-refractivity contribution >= 4 is 40.9 Å². The van der Waals surface area contributed by atoms with Crippen molar-refractivity contribution in [2.45, 2.75) is 0 Å². The van der Waals surface area contributed by atoms with Crippen LogP contribution in [0.5, 0.6) is 0 Å². The predicted octanol–water partition coefficient (Wildman–Crippen LogP) is 2.80. The lowest BCUT2D eigenvalue weighted by Crippen LogP contribution is -2.54. The van der Waals surface area contributed by atoms with Crippen LogP contribution in [0.2, 0.25) is 0 Å². The van der Waals surface area contributed by atoms with Crippen LogP contribution >= 0.6 is 12.2 Å². The SMILES string of the molecule is O=C1NC(=S)N(c2ccc(F)cc2)C(=O)C1=Cc1cccc(F)c1. The number of nitrogens with one attached hydrogen (secondary N) is 1. The molecule has 0 unspecified atom stereocenters. The average Bonchev–Trinajstić information content (AvgIpc) is 2.53. The molecule has 120 valence electrons. The molecule has 1 heterocycles. The first-order valence-corrected chi connectivity index (χ1v) is 7.29. The fourth-order valence-electron chi connectivity index (χ4n) is 2.25. The maximum absolute atomic E-state index is 13.3. The highest BCUT2D eigenvalue weighted by molar-refractivity contribution is 7.80. The maximum Gasteiger partial charge on any atom is 0.270 e. The van der Waals surface area contributed by atoms with Crippen LogP contribution in [-0.4, -0.2) is 16.9 Å². The first kappa shape index (κ1) is 15.9. The second kappa shape index (κ2) is 6.29. The topological polar surface area (TPSA) is 49.4 Å². The second-order valence-corrected chi connectivity index (χ2v) is 5.38. The Labute approximate surface area is 141 Å². The monoisotopic (exact) mass is 344 g/mol. The average molecular weight is 344 g/mol. The standard InChI is InChI=1S/C17H10F2N2O2S/c18-11-4-6-13(7-5-11)21-16(23)14(15(22)20-17(21)24)9-10-2-1-3-12(19)8-10/h1-9H,(H,20,22,24). The van der Waals surface area contributed by atoms with Crippen molar-refractivity contribution in [3.63, 3.8) is 0 Å². The van der Waals surface area contributed by atoms with E-state index < -0.39 is 23.4 Å². The Morgan fingerprint density at radius 3 is 2.38 bits per heavy atom. The normalized spacial score (nSPS) is 16.5. The summed E-state index contributed by atoms with van der Waals surface area (Å²) in [4.78, 5) is 25.8. The van der Waals surface area contributed by atoms with Crippen LogP contribution < -0.4 is 10.2 Å². The number of benzene rings is 2. The summed E-state index contributed by atoms with van der Waals surface area (Å²) < 4.78 is 26.3. The highest BCUT2D eigenvalue weighted by Gasteiger charge is 2.34. The molecule has 3 rings (SSSR count). The lowest BCUT2D eigenvalue weighted by Gasteiger charge is -2.28. The number of thiocarbonyl (C=S) groups is 1. The molecule has 1 aliphatic heterocycles. The zero-order valence-electron chi connectivity index (χ0n) is 12.1. The molecule has 4 nitrogen and oxygen atoms in total. The van der Waals surface area contributed by atoms with E-state index in [1.165, 1.54) is 48.5 Å². The minimum Gasteiger partial charge on any atom is -0.298 e. The van der Waals surface area contributed by atoms with Crippen molar-refractivity contribution in [2.24, 2.45) is 0 Å². The molecule has 0 aliphatic carbocycles. The Morgan fingerprint density at radius 2 is 1.71 bits per heavy atom. The van der Waals surface area contributed by atoms with E-state index in [2.05, 4.69) is 5.32 Å². The Hall–Kier alpha value is -2.93. The molecule has 24 heavy (non-hydrogen) atoms. The molecule has 2 aromatic carbocycles. The fourth-order valence-corrected chi connectivity index (χ4v) is 2.53. The van der Waals surface area contributed by atoms with Gasteiger partial charge in [0.2, 0.25) is 0 Å². The van der Waals surface area contributed by atoms with Crippen LogP contribution in [0.15, 0.2) is 54.1 Å². The molecule has 2 amide bonds. The van der Waals surface area contributed by atoms with Gasteiger partial charge in [-0.15, -0.1) is 0 Å². The van der Waals surface area contributed by atoms with E-state index in [9.17, 15) is 18.4 Å². The highest BCUT2D eigenvalue weighted by atomic mass is 32.1. The van der Waals surface area contributed by atoms with Crippen molar-refractivity contribution < 1.29 is 18.4 Å². The van der Waals surface area contributed by atoms with E-state index >= 15 is 0 Å². The number of amides is 2. The highest BCUT2D eigenvalue weighted by Crippen LogP contribution is 2.22. The zero-order valence-corrected chi connectivity index (χ0v) is 12.9. The summed E-state index contributed by atoms with van der Waals surface area (Å²) in [7, 11) is 0. The van der Waals surface area contributed by atoms with E-state index in [4.69, 9.17) is 12.2 Å². The summed E-state index contributed by atoms with van der Waals surface area (Å²) in [5, 5.41) is 2.30. The number of halogens is 2. The van der Waals surface area contributed by atoms with Gasteiger partial charge in [-0.25, -0.2) is 8.78 Å².